The van der Waals surface area contributed by atoms with Gasteiger partial charge in [0.2, 0.25) is 0 Å². The van der Waals surface area contributed by atoms with Crippen LogP contribution in [0.15, 0.2) is 41.2 Å². The molecule has 192 valence electrons. The van der Waals surface area contributed by atoms with Crippen LogP contribution in [0, 0.1) is 11.7 Å². The molecule has 0 aliphatic carbocycles. The van der Waals surface area contributed by atoms with Crippen molar-refractivity contribution in [1.29, 1.82) is 0 Å². The van der Waals surface area contributed by atoms with Gasteiger partial charge in [-0.2, -0.15) is 0 Å². The third-order valence-corrected chi connectivity index (χ3v) is 8.54. The second kappa shape index (κ2) is 8.85. The van der Waals surface area contributed by atoms with E-state index in [9.17, 15) is 4.79 Å². The van der Waals surface area contributed by atoms with Crippen molar-refractivity contribution in [2.24, 2.45) is 5.92 Å². The number of rotatable bonds is 4. The average molecular weight is 502 g/mol. The molecule has 1 atom stereocenters. The summed E-state index contributed by atoms with van der Waals surface area (Å²) >= 11 is 0. The topological polar surface area (TPSA) is 83.3 Å². The summed E-state index contributed by atoms with van der Waals surface area (Å²) in [7, 11) is 2.08. The molecule has 0 unspecified atom stereocenters. The molecule has 3 N–H and O–H groups in total. The molecule has 4 aliphatic heterocycles. The largest absolute Gasteiger partial charge is 0.379 e. The van der Waals surface area contributed by atoms with Gasteiger partial charge in [0.15, 0.2) is 0 Å². The van der Waals surface area contributed by atoms with Crippen molar-refractivity contribution in [3.05, 3.63) is 52.6 Å². The number of hydrogen-bond acceptors (Lipinski definition) is 6. The molecule has 4 aliphatic rings. The molecule has 2 bridgehead atoms. The highest BCUT2D eigenvalue weighted by molar-refractivity contribution is 6.00. The Morgan fingerprint density at radius 1 is 1.00 bits per heavy atom. The fourth-order valence-electron chi connectivity index (χ4n) is 6.36. The van der Waals surface area contributed by atoms with Crippen LogP contribution in [0.25, 0.3) is 33.3 Å². The molecule has 0 radical (unpaired) electrons. The van der Waals surface area contributed by atoms with Crippen LogP contribution < -0.4 is 15.8 Å². The van der Waals surface area contributed by atoms with Crippen molar-refractivity contribution in [3.63, 3.8) is 0 Å². The van der Waals surface area contributed by atoms with Crippen LogP contribution in [0.1, 0.15) is 12.8 Å². The van der Waals surface area contributed by atoms with Gasteiger partial charge in [-0.25, -0.2) is 9.37 Å². The fraction of sp³-hybridized carbons (Fsp3) is 0.429. The van der Waals surface area contributed by atoms with E-state index in [-0.39, 0.29) is 17.4 Å². The molecule has 8 nitrogen and oxygen atoms in total. The van der Waals surface area contributed by atoms with Crippen LogP contribution in [-0.2, 0) is 0 Å². The molecule has 4 fully saturated rings. The Morgan fingerprint density at radius 2 is 1.78 bits per heavy atom. The molecule has 0 spiro atoms. The number of benzene rings is 2. The second-order valence-corrected chi connectivity index (χ2v) is 10.8. The Bertz CT molecular complexity index is 1500. The lowest BCUT2D eigenvalue weighted by Crippen LogP contribution is -2.53. The molecular weight excluding hydrogens is 469 g/mol. The standard InChI is InChI=1S/C28H32FN7O/c1-34-10-12-36(13-11-34)24-15-22-18(14-19(24)29)26(30-23-16-35-8-6-17(23)7-9-35)25(28(37)33-22)27-31-20-4-2-3-5-21(20)32-27/h2-5,14-15,17,23H,6-13,16H2,1H3,(H,31,32)(H2,30,33,37)/t23-/m0/s1. The Labute approximate surface area is 214 Å². The number of piperidine rings is 3. The minimum absolute atomic E-state index is 0.205. The third-order valence-electron chi connectivity index (χ3n) is 8.54. The van der Waals surface area contributed by atoms with Gasteiger partial charge < -0.3 is 30.0 Å². The van der Waals surface area contributed by atoms with Gasteiger partial charge in [-0.15, -0.1) is 0 Å². The summed E-state index contributed by atoms with van der Waals surface area (Å²) in [5, 5.41) is 4.41. The maximum atomic E-state index is 15.7. The van der Waals surface area contributed by atoms with Gasteiger partial charge >= 0.3 is 0 Å². The van der Waals surface area contributed by atoms with Crippen LogP contribution in [-0.4, -0.2) is 83.7 Å². The number of anilines is 2. The summed E-state index contributed by atoms with van der Waals surface area (Å²) in [4.78, 5) is 31.6. The molecule has 37 heavy (non-hydrogen) atoms. The highest BCUT2D eigenvalue weighted by atomic mass is 19.1. The molecule has 4 saturated heterocycles. The van der Waals surface area contributed by atoms with Gasteiger partial charge in [0, 0.05) is 44.2 Å². The maximum absolute atomic E-state index is 15.7. The zero-order valence-corrected chi connectivity index (χ0v) is 21.1. The predicted molar refractivity (Wildman–Crippen MR) is 146 cm³/mol. The van der Waals surface area contributed by atoms with E-state index in [1.807, 2.05) is 30.3 Å². The van der Waals surface area contributed by atoms with E-state index in [0.717, 1.165) is 69.7 Å². The van der Waals surface area contributed by atoms with E-state index < -0.39 is 0 Å². The lowest BCUT2D eigenvalue weighted by atomic mass is 9.83. The summed E-state index contributed by atoms with van der Waals surface area (Å²) in [6.45, 7) is 6.45. The zero-order chi connectivity index (χ0) is 25.1. The minimum Gasteiger partial charge on any atom is -0.379 e. The number of pyridine rings is 1. The summed E-state index contributed by atoms with van der Waals surface area (Å²) in [5.74, 6) is 0.769. The number of halogens is 1. The Balaban J connectivity index is 1.39. The molecule has 0 saturated carbocycles. The first-order valence-electron chi connectivity index (χ1n) is 13.3. The van der Waals surface area contributed by atoms with E-state index >= 15 is 4.39 Å². The Morgan fingerprint density at radius 3 is 2.51 bits per heavy atom. The van der Waals surface area contributed by atoms with Crippen LogP contribution in [0.2, 0.25) is 0 Å². The first-order valence-corrected chi connectivity index (χ1v) is 13.3. The molecule has 2 aromatic heterocycles. The molecule has 9 heteroatoms. The number of aromatic nitrogens is 3. The first-order chi connectivity index (χ1) is 18.0. The number of nitrogens with zero attached hydrogens (tertiary/aromatic N) is 4. The first kappa shape index (κ1) is 22.7. The van der Waals surface area contributed by atoms with Gasteiger partial charge in [-0.05, 0) is 63.2 Å². The molecule has 0 amide bonds. The second-order valence-electron chi connectivity index (χ2n) is 10.8. The van der Waals surface area contributed by atoms with Crippen molar-refractivity contribution < 1.29 is 4.39 Å². The van der Waals surface area contributed by atoms with Gasteiger partial charge in [0.1, 0.15) is 17.2 Å². The number of piperazine rings is 1. The molecular formula is C28H32FN7O. The van der Waals surface area contributed by atoms with Crippen molar-refractivity contribution in [3.8, 4) is 11.4 Å². The van der Waals surface area contributed by atoms with Crippen LogP contribution in [0.3, 0.4) is 0 Å². The molecule has 8 rings (SSSR count). The van der Waals surface area contributed by atoms with E-state index in [0.29, 0.717) is 39.6 Å². The highest BCUT2D eigenvalue weighted by Gasteiger charge is 2.35. The Kier molecular flexibility index (Phi) is 5.44. The van der Waals surface area contributed by atoms with E-state index in [2.05, 4.69) is 37.0 Å². The van der Waals surface area contributed by atoms with Crippen molar-refractivity contribution in [1.82, 2.24) is 24.8 Å². The number of likely N-dealkylation sites (N-methyl/N-ethyl adjacent to an activating group) is 1. The number of imidazole rings is 1. The van der Waals surface area contributed by atoms with Gasteiger partial charge in [-0.1, -0.05) is 12.1 Å². The number of fused-ring (bicyclic) bond motifs is 5. The third kappa shape index (κ3) is 3.97. The summed E-state index contributed by atoms with van der Waals surface area (Å²) in [5.41, 5.74) is 3.72. The number of aromatic amines is 2. The van der Waals surface area contributed by atoms with Gasteiger partial charge in [0.05, 0.1) is 27.9 Å². The van der Waals surface area contributed by atoms with Gasteiger partial charge in [-0.3, -0.25) is 4.79 Å². The number of H-pyrrole nitrogens is 2. The Hall–Kier alpha value is -3.43. The molecule has 2 aromatic carbocycles. The van der Waals surface area contributed by atoms with Crippen LogP contribution in [0.5, 0.6) is 0 Å². The lowest BCUT2D eigenvalue weighted by Gasteiger charge is -2.45. The minimum atomic E-state index is -0.267. The van der Waals surface area contributed by atoms with Crippen molar-refractivity contribution in [2.75, 3.05) is 63.1 Å². The summed E-state index contributed by atoms with van der Waals surface area (Å²) < 4.78 is 15.7. The van der Waals surface area contributed by atoms with E-state index in [4.69, 9.17) is 4.98 Å². The molecule has 4 aromatic rings. The fourth-order valence-corrected chi connectivity index (χ4v) is 6.36. The summed E-state index contributed by atoms with van der Waals surface area (Å²) in [6.07, 6.45) is 2.28. The monoisotopic (exact) mass is 501 g/mol. The number of hydrogen-bond donors (Lipinski definition) is 3. The highest BCUT2D eigenvalue weighted by Crippen LogP contribution is 2.37. The van der Waals surface area contributed by atoms with Crippen molar-refractivity contribution >= 4 is 33.3 Å². The summed E-state index contributed by atoms with van der Waals surface area (Å²) in [6, 6.07) is 11.3. The predicted octanol–water partition coefficient (Wildman–Crippen LogP) is 3.47. The number of nitrogens with one attached hydrogen (secondary N) is 3. The van der Waals surface area contributed by atoms with Crippen LogP contribution in [0.4, 0.5) is 15.8 Å². The average Bonchev–Trinajstić information content (AvgIpc) is 3.34. The smallest absolute Gasteiger partial charge is 0.261 e. The lowest BCUT2D eigenvalue weighted by molar-refractivity contribution is 0.0976. The van der Waals surface area contributed by atoms with Crippen LogP contribution >= 0.6 is 0 Å². The van der Waals surface area contributed by atoms with Crippen molar-refractivity contribution in [2.45, 2.75) is 18.9 Å². The van der Waals surface area contributed by atoms with E-state index in [1.165, 1.54) is 0 Å². The SMILES string of the molecule is CN1CCN(c2cc3[nH]c(=O)c(-c4nc5ccccc5[nH]4)c(N[C@H]4CN5CCC4CC5)c3cc2F)CC1. The molecule has 6 heterocycles. The number of para-hydroxylation sites is 2. The van der Waals surface area contributed by atoms with E-state index in [1.54, 1.807) is 6.07 Å². The van der Waals surface area contributed by atoms with Gasteiger partial charge in [0.25, 0.3) is 5.56 Å². The quantitative estimate of drug-likeness (QED) is 0.397. The maximum Gasteiger partial charge on any atom is 0.261 e. The zero-order valence-electron chi connectivity index (χ0n) is 21.1. The normalized spacial score (nSPS) is 24.3.